The topological polar surface area (TPSA) is 35.0 Å². The average molecular weight is 278 g/mol. The number of hydrogen-bond donors (Lipinski definition) is 0. The van der Waals surface area contributed by atoms with Crippen molar-refractivity contribution in [2.45, 2.75) is 58.3 Å². The van der Waals surface area contributed by atoms with E-state index in [1.165, 1.54) is 43.6 Å². The van der Waals surface area contributed by atoms with E-state index in [1.807, 2.05) is 6.92 Å². The van der Waals surface area contributed by atoms with Gasteiger partial charge in [-0.05, 0) is 30.3 Å². The minimum atomic E-state index is 0.395. The van der Waals surface area contributed by atoms with Crippen LogP contribution in [0.1, 0.15) is 63.3 Å². The molecule has 0 N–H and O–H groups in total. The molecule has 0 aliphatic heterocycles. The zero-order valence-electron chi connectivity index (χ0n) is 11.8. The molecule has 0 radical (unpaired) electrons. The third-order valence-corrected chi connectivity index (χ3v) is 4.57. The van der Waals surface area contributed by atoms with Crippen molar-refractivity contribution in [3.05, 3.63) is 5.01 Å². The fourth-order valence-electron chi connectivity index (χ4n) is 2.61. The van der Waals surface area contributed by atoms with Crippen LogP contribution in [0.2, 0.25) is 0 Å². The summed E-state index contributed by atoms with van der Waals surface area (Å²) in [6.07, 6.45) is 7.36. The zero-order valence-corrected chi connectivity index (χ0v) is 12.6. The van der Waals surface area contributed by atoms with E-state index in [2.05, 4.69) is 28.1 Å². The molecule has 3 nitrogen and oxygen atoms in total. The Bertz CT molecular complexity index is 446. The van der Waals surface area contributed by atoms with Crippen LogP contribution in [-0.4, -0.2) is 16.0 Å². The Morgan fingerprint density at radius 2 is 2.21 bits per heavy atom. The van der Waals surface area contributed by atoms with E-state index in [0.29, 0.717) is 18.5 Å². The highest BCUT2D eigenvalue weighted by Gasteiger charge is 2.25. The van der Waals surface area contributed by atoms with E-state index >= 15 is 0 Å². The van der Waals surface area contributed by atoms with Gasteiger partial charge in [0, 0.05) is 12.3 Å². The molecule has 0 bridgehead atoms. The molecule has 0 spiro atoms. The van der Waals surface area contributed by atoms with E-state index in [9.17, 15) is 0 Å². The van der Waals surface area contributed by atoms with Crippen LogP contribution in [0.3, 0.4) is 0 Å². The van der Waals surface area contributed by atoms with Crippen LogP contribution in [0.5, 0.6) is 6.01 Å². The Hall–Kier alpha value is -1.08. The maximum absolute atomic E-state index is 5.45. The molecule has 1 aliphatic rings. The van der Waals surface area contributed by atoms with Gasteiger partial charge in [0.05, 0.1) is 0 Å². The largest absolute Gasteiger partial charge is 0.450 e. The third-order valence-electron chi connectivity index (χ3n) is 3.71. The van der Waals surface area contributed by atoms with Gasteiger partial charge < -0.3 is 4.74 Å². The minimum absolute atomic E-state index is 0.395. The summed E-state index contributed by atoms with van der Waals surface area (Å²) >= 11 is 1.50. The molecule has 1 heterocycles. The molecule has 0 aromatic carbocycles. The molecule has 19 heavy (non-hydrogen) atoms. The van der Waals surface area contributed by atoms with Crippen LogP contribution in [0, 0.1) is 17.8 Å². The number of ether oxygens (including phenoxy) is 1. The van der Waals surface area contributed by atoms with Gasteiger partial charge in [-0.2, -0.15) is 4.98 Å². The summed E-state index contributed by atoms with van der Waals surface area (Å²) in [4.78, 5) is 4.52. The highest BCUT2D eigenvalue weighted by Crippen LogP contribution is 2.38. The first-order chi connectivity index (χ1) is 9.33. The zero-order chi connectivity index (χ0) is 13.5. The molecule has 1 aromatic rings. The number of aromatic nitrogens is 2. The standard InChI is InChI=1S/C15H22N2OS/c1-3-5-6-10-18-15-16-14(19-17-15)13-9-7-8-12(4-2)11-13/h12-13H,3-4,7-11H2,1-2H3. The predicted octanol–water partition coefficient (Wildman–Crippen LogP) is 4.01. The maximum Gasteiger partial charge on any atom is 0.329 e. The van der Waals surface area contributed by atoms with E-state index < -0.39 is 0 Å². The second-order valence-electron chi connectivity index (χ2n) is 5.05. The van der Waals surface area contributed by atoms with E-state index in [1.54, 1.807) is 0 Å². The van der Waals surface area contributed by atoms with E-state index in [0.717, 1.165) is 17.3 Å². The minimum Gasteiger partial charge on any atom is -0.450 e. The van der Waals surface area contributed by atoms with Crippen molar-refractivity contribution in [2.24, 2.45) is 5.92 Å². The van der Waals surface area contributed by atoms with Crippen molar-refractivity contribution < 1.29 is 4.74 Å². The van der Waals surface area contributed by atoms with Crippen LogP contribution in [0.15, 0.2) is 0 Å². The fraction of sp³-hybridized carbons (Fsp3) is 0.733. The van der Waals surface area contributed by atoms with Gasteiger partial charge in [-0.25, -0.2) is 0 Å². The molecule has 4 heteroatoms. The van der Waals surface area contributed by atoms with Gasteiger partial charge in [0.25, 0.3) is 0 Å². The first kappa shape index (κ1) is 14.3. The number of nitrogens with zero attached hydrogens (tertiary/aromatic N) is 2. The number of hydrogen-bond acceptors (Lipinski definition) is 4. The summed E-state index contributed by atoms with van der Waals surface area (Å²) in [5, 5.41) is 1.15. The van der Waals surface area contributed by atoms with Crippen molar-refractivity contribution in [1.82, 2.24) is 9.36 Å². The fourth-order valence-corrected chi connectivity index (χ4v) is 3.36. The van der Waals surface area contributed by atoms with Crippen LogP contribution in [0.4, 0.5) is 0 Å². The van der Waals surface area contributed by atoms with Crippen molar-refractivity contribution in [3.63, 3.8) is 0 Å². The Morgan fingerprint density at radius 3 is 3.00 bits per heavy atom. The molecule has 1 saturated carbocycles. The molecule has 104 valence electrons. The molecule has 2 atom stereocenters. The van der Waals surface area contributed by atoms with Crippen LogP contribution in [0.25, 0.3) is 0 Å². The summed E-state index contributed by atoms with van der Waals surface area (Å²) in [6.45, 7) is 4.71. The van der Waals surface area contributed by atoms with Gasteiger partial charge in [-0.3, -0.25) is 0 Å². The quantitative estimate of drug-likeness (QED) is 0.780. The van der Waals surface area contributed by atoms with E-state index in [4.69, 9.17) is 4.74 Å². The SMILES string of the molecule is CCC#CCOc1nsc(C2CCCC(CC)C2)n1. The molecule has 0 saturated heterocycles. The molecule has 1 fully saturated rings. The summed E-state index contributed by atoms with van der Waals surface area (Å²) in [5.74, 6) is 7.37. The summed E-state index contributed by atoms with van der Waals surface area (Å²) in [7, 11) is 0. The summed E-state index contributed by atoms with van der Waals surface area (Å²) in [5.41, 5.74) is 0. The van der Waals surface area contributed by atoms with Crippen LogP contribution >= 0.6 is 11.5 Å². The van der Waals surface area contributed by atoms with Crippen molar-refractivity contribution in [2.75, 3.05) is 6.61 Å². The Kier molecular flexibility index (Phi) is 5.65. The molecular formula is C15H22N2OS. The van der Waals surface area contributed by atoms with Crippen molar-refractivity contribution in [1.29, 1.82) is 0 Å². The molecular weight excluding hydrogens is 256 g/mol. The Balaban J connectivity index is 1.89. The lowest BCUT2D eigenvalue weighted by Crippen LogP contribution is -2.13. The number of rotatable bonds is 4. The van der Waals surface area contributed by atoms with E-state index in [-0.39, 0.29) is 0 Å². The Morgan fingerprint density at radius 1 is 1.32 bits per heavy atom. The second-order valence-corrected chi connectivity index (χ2v) is 5.83. The van der Waals surface area contributed by atoms with Gasteiger partial charge in [0.2, 0.25) is 0 Å². The van der Waals surface area contributed by atoms with Crippen LogP contribution < -0.4 is 4.74 Å². The van der Waals surface area contributed by atoms with Gasteiger partial charge in [0.15, 0.2) is 6.61 Å². The van der Waals surface area contributed by atoms with Gasteiger partial charge >= 0.3 is 6.01 Å². The molecule has 0 amide bonds. The lowest BCUT2D eigenvalue weighted by Gasteiger charge is -2.26. The first-order valence-electron chi connectivity index (χ1n) is 7.25. The smallest absolute Gasteiger partial charge is 0.329 e. The lowest BCUT2D eigenvalue weighted by atomic mass is 9.80. The van der Waals surface area contributed by atoms with Gasteiger partial charge in [0.1, 0.15) is 5.01 Å². The van der Waals surface area contributed by atoms with Crippen molar-refractivity contribution >= 4 is 11.5 Å². The summed E-state index contributed by atoms with van der Waals surface area (Å²) in [6, 6.07) is 0.504. The molecule has 1 aliphatic carbocycles. The monoisotopic (exact) mass is 278 g/mol. The maximum atomic E-state index is 5.45. The normalized spacial score (nSPS) is 22.6. The van der Waals surface area contributed by atoms with Crippen LogP contribution in [-0.2, 0) is 0 Å². The second kappa shape index (κ2) is 7.49. The molecule has 2 rings (SSSR count). The summed E-state index contributed by atoms with van der Waals surface area (Å²) < 4.78 is 9.73. The Labute approximate surface area is 120 Å². The third kappa shape index (κ3) is 4.21. The molecule has 2 unspecified atom stereocenters. The van der Waals surface area contributed by atoms with Crippen molar-refractivity contribution in [3.8, 4) is 17.9 Å². The van der Waals surface area contributed by atoms with Gasteiger partial charge in [-0.15, -0.1) is 10.3 Å². The highest BCUT2D eigenvalue weighted by atomic mass is 32.1. The first-order valence-corrected chi connectivity index (χ1v) is 8.02. The predicted molar refractivity (Wildman–Crippen MR) is 78.5 cm³/mol. The lowest BCUT2D eigenvalue weighted by molar-refractivity contribution is 0.309. The van der Waals surface area contributed by atoms with Gasteiger partial charge in [-0.1, -0.05) is 39.0 Å². The highest BCUT2D eigenvalue weighted by molar-refractivity contribution is 7.05. The average Bonchev–Trinajstić information content (AvgIpc) is 2.92. The molecule has 1 aromatic heterocycles.